The topological polar surface area (TPSA) is 81.5 Å². The standard InChI is InChI=1S/C25H25F3N3O3/c1-14(32)15-3-2-4-16(7-15)25(34)30-12-17-5-6-31(23(17)13-30)24(33)10-19(29)8-18-9-21(27)22(28)11-20(18)26/h2-4,7,9,11,17,19,23,29H,5-6,8,10,12-13H2,1H3/t17-,19+,23+/m0/s1. The first-order chi connectivity index (χ1) is 16.1. The van der Waals surface area contributed by atoms with Crippen LogP contribution in [0.2, 0.25) is 0 Å². The number of halogens is 3. The summed E-state index contributed by atoms with van der Waals surface area (Å²) in [5.74, 6) is -3.91. The van der Waals surface area contributed by atoms with Crippen molar-refractivity contribution in [2.75, 3.05) is 19.6 Å². The van der Waals surface area contributed by atoms with E-state index >= 15 is 0 Å². The number of carbonyl (C=O) groups is 3. The maximum atomic E-state index is 13.9. The number of hydrogen-bond donors (Lipinski definition) is 0. The van der Waals surface area contributed by atoms with Gasteiger partial charge in [0, 0.05) is 55.2 Å². The van der Waals surface area contributed by atoms with Crippen LogP contribution in [-0.2, 0) is 11.2 Å². The molecule has 1 radical (unpaired) electrons. The summed E-state index contributed by atoms with van der Waals surface area (Å²) in [7, 11) is 0. The molecule has 2 saturated heterocycles. The molecule has 34 heavy (non-hydrogen) atoms. The number of ketones is 1. The lowest BCUT2D eigenvalue weighted by atomic mass is 10.0. The summed E-state index contributed by atoms with van der Waals surface area (Å²) in [4.78, 5) is 40.9. The van der Waals surface area contributed by atoms with Crippen LogP contribution >= 0.6 is 0 Å². The molecule has 0 aromatic heterocycles. The Morgan fingerprint density at radius 2 is 1.74 bits per heavy atom. The first-order valence-electron chi connectivity index (χ1n) is 11.2. The SMILES string of the molecule is CC(=O)c1cccc(C(=O)N2C[C@@H]3CCN(C(=O)C[C@H]([NH])Cc4cc(F)c(F)cc4F)[C@@H]3C2)c1. The van der Waals surface area contributed by atoms with Crippen LogP contribution in [-0.4, -0.2) is 59.1 Å². The van der Waals surface area contributed by atoms with E-state index in [1.165, 1.54) is 6.92 Å². The minimum absolute atomic E-state index is 0.122. The van der Waals surface area contributed by atoms with Crippen molar-refractivity contribution in [3.05, 3.63) is 70.5 Å². The molecule has 4 rings (SSSR count). The van der Waals surface area contributed by atoms with Crippen molar-refractivity contribution in [2.24, 2.45) is 5.92 Å². The highest BCUT2D eigenvalue weighted by atomic mass is 19.2. The fourth-order valence-electron chi connectivity index (χ4n) is 4.88. The van der Waals surface area contributed by atoms with E-state index in [9.17, 15) is 27.6 Å². The molecule has 0 bridgehead atoms. The number of fused-ring (bicyclic) bond motifs is 1. The summed E-state index contributed by atoms with van der Waals surface area (Å²) in [5, 5.41) is 0. The van der Waals surface area contributed by atoms with E-state index in [1.54, 1.807) is 34.1 Å². The maximum Gasteiger partial charge on any atom is 0.253 e. The minimum atomic E-state index is -1.30. The highest BCUT2D eigenvalue weighted by Gasteiger charge is 2.44. The minimum Gasteiger partial charge on any atom is -0.338 e. The Morgan fingerprint density at radius 1 is 1.03 bits per heavy atom. The highest BCUT2D eigenvalue weighted by Crippen LogP contribution is 2.33. The molecule has 2 aliphatic rings. The number of Topliss-reactive ketones (excluding diaryl/α,β-unsaturated/α-hetero) is 1. The van der Waals surface area contributed by atoms with Gasteiger partial charge in [0.2, 0.25) is 5.91 Å². The van der Waals surface area contributed by atoms with Gasteiger partial charge in [-0.2, -0.15) is 0 Å². The van der Waals surface area contributed by atoms with Gasteiger partial charge in [-0.15, -0.1) is 0 Å². The van der Waals surface area contributed by atoms with E-state index in [1.807, 2.05) is 0 Å². The Morgan fingerprint density at radius 3 is 2.47 bits per heavy atom. The molecule has 2 amide bonds. The van der Waals surface area contributed by atoms with Gasteiger partial charge in [0.25, 0.3) is 5.91 Å². The van der Waals surface area contributed by atoms with Crippen LogP contribution in [0.1, 0.15) is 46.0 Å². The number of hydrogen-bond acceptors (Lipinski definition) is 3. The number of nitrogens with one attached hydrogen (secondary N) is 1. The average molecular weight is 472 g/mol. The monoisotopic (exact) mass is 472 g/mol. The average Bonchev–Trinajstić information content (AvgIpc) is 3.38. The molecule has 0 spiro atoms. The lowest BCUT2D eigenvalue weighted by Crippen LogP contribution is -2.42. The summed E-state index contributed by atoms with van der Waals surface area (Å²) in [6.07, 6.45) is 0.332. The Balaban J connectivity index is 1.38. The Hall–Kier alpha value is -3.20. The molecule has 2 heterocycles. The van der Waals surface area contributed by atoms with Gasteiger partial charge in [-0.25, -0.2) is 13.2 Å². The van der Waals surface area contributed by atoms with Crippen LogP contribution < -0.4 is 5.73 Å². The van der Waals surface area contributed by atoms with Crippen LogP contribution in [0.25, 0.3) is 0 Å². The largest absolute Gasteiger partial charge is 0.338 e. The van der Waals surface area contributed by atoms with Crippen LogP contribution in [0.4, 0.5) is 13.2 Å². The van der Waals surface area contributed by atoms with E-state index in [2.05, 4.69) is 0 Å². The second-order valence-electron chi connectivity index (χ2n) is 9.01. The fourth-order valence-corrected chi connectivity index (χ4v) is 4.88. The predicted molar refractivity (Wildman–Crippen MR) is 117 cm³/mol. The normalized spacial score (nSPS) is 20.4. The third-order valence-electron chi connectivity index (χ3n) is 6.65. The van der Waals surface area contributed by atoms with Crippen molar-refractivity contribution in [3.8, 4) is 0 Å². The Labute approximate surface area is 195 Å². The molecule has 179 valence electrons. The number of likely N-dealkylation sites (tertiary alicyclic amines) is 2. The lowest BCUT2D eigenvalue weighted by Gasteiger charge is -2.26. The van der Waals surface area contributed by atoms with Crippen molar-refractivity contribution < 1.29 is 27.6 Å². The zero-order chi connectivity index (χ0) is 24.6. The van der Waals surface area contributed by atoms with E-state index in [-0.39, 0.29) is 48.0 Å². The number of carbonyl (C=O) groups excluding carboxylic acids is 3. The van der Waals surface area contributed by atoms with Crippen LogP contribution in [0.15, 0.2) is 36.4 Å². The molecular weight excluding hydrogens is 447 g/mol. The highest BCUT2D eigenvalue weighted by molar-refractivity contribution is 5.99. The lowest BCUT2D eigenvalue weighted by molar-refractivity contribution is -0.132. The molecule has 2 fully saturated rings. The molecule has 9 heteroatoms. The van der Waals surface area contributed by atoms with Crippen LogP contribution in [0.3, 0.4) is 0 Å². The summed E-state index contributed by atoms with van der Waals surface area (Å²) < 4.78 is 40.4. The molecule has 0 saturated carbocycles. The zero-order valence-corrected chi connectivity index (χ0v) is 18.7. The van der Waals surface area contributed by atoms with Gasteiger partial charge in [-0.05, 0) is 43.5 Å². The van der Waals surface area contributed by atoms with E-state index in [0.717, 1.165) is 12.5 Å². The van der Waals surface area contributed by atoms with E-state index in [0.29, 0.717) is 36.8 Å². The fraction of sp³-hybridized carbons (Fsp3) is 0.400. The smallest absolute Gasteiger partial charge is 0.253 e. The summed E-state index contributed by atoms with van der Waals surface area (Å²) >= 11 is 0. The molecule has 3 atom stereocenters. The summed E-state index contributed by atoms with van der Waals surface area (Å²) in [6.45, 7) is 2.82. The molecular formula is C25H25F3N3O3. The Bertz CT molecular complexity index is 1140. The molecule has 0 unspecified atom stereocenters. The van der Waals surface area contributed by atoms with Crippen LogP contribution in [0.5, 0.6) is 0 Å². The number of amides is 2. The molecule has 2 aliphatic heterocycles. The van der Waals surface area contributed by atoms with Crippen LogP contribution in [0, 0.1) is 23.4 Å². The first kappa shape index (κ1) is 23.9. The third kappa shape index (κ3) is 4.84. The van der Waals surface area contributed by atoms with Crippen molar-refractivity contribution >= 4 is 17.6 Å². The summed E-state index contributed by atoms with van der Waals surface area (Å²) in [6, 6.07) is 6.55. The molecule has 2 aromatic rings. The van der Waals surface area contributed by atoms with Gasteiger partial charge < -0.3 is 9.80 Å². The van der Waals surface area contributed by atoms with Gasteiger partial charge in [-0.1, -0.05) is 12.1 Å². The number of benzene rings is 2. The molecule has 2 aromatic carbocycles. The number of nitrogens with zero attached hydrogens (tertiary/aromatic N) is 2. The third-order valence-corrected chi connectivity index (χ3v) is 6.65. The van der Waals surface area contributed by atoms with E-state index in [4.69, 9.17) is 5.73 Å². The predicted octanol–water partition coefficient (Wildman–Crippen LogP) is 3.26. The zero-order valence-electron chi connectivity index (χ0n) is 18.7. The molecule has 1 N–H and O–H groups in total. The van der Waals surface area contributed by atoms with Gasteiger partial charge in [0.05, 0.1) is 6.04 Å². The van der Waals surface area contributed by atoms with E-state index < -0.39 is 23.5 Å². The molecule has 6 nitrogen and oxygen atoms in total. The van der Waals surface area contributed by atoms with Crippen molar-refractivity contribution in [2.45, 2.75) is 38.3 Å². The van der Waals surface area contributed by atoms with Gasteiger partial charge in [0.15, 0.2) is 17.4 Å². The number of rotatable bonds is 6. The second-order valence-corrected chi connectivity index (χ2v) is 9.01. The molecule has 0 aliphatic carbocycles. The second kappa shape index (κ2) is 9.58. The first-order valence-corrected chi connectivity index (χ1v) is 11.2. The van der Waals surface area contributed by atoms with Crippen molar-refractivity contribution in [3.63, 3.8) is 0 Å². The van der Waals surface area contributed by atoms with Gasteiger partial charge in [0.1, 0.15) is 5.82 Å². The van der Waals surface area contributed by atoms with Crippen molar-refractivity contribution in [1.29, 1.82) is 0 Å². The quantitative estimate of drug-likeness (QED) is 0.478. The Kier molecular flexibility index (Phi) is 6.74. The summed E-state index contributed by atoms with van der Waals surface area (Å²) in [5.41, 5.74) is 8.90. The van der Waals surface area contributed by atoms with Gasteiger partial charge >= 0.3 is 0 Å². The van der Waals surface area contributed by atoms with Gasteiger partial charge in [-0.3, -0.25) is 20.1 Å². The van der Waals surface area contributed by atoms with Crippen molar-refractivity contribution in [1.82, 2.24) is 15.5 Å². The maximum absolute atomic E-state index is 13.9.